The smallest absolute Gasteiger partial charge is 0.262 e. The van der Waals surface area contributed by atoms with Crippen molar-refractivity contribution in [3.05, 3.63) is 54.7 Å². The maximum Gasteiger partial charge on any atom is 0.262 e. The van der Waals surface area contributed by atoms with Crippen LogP contribution in [0.3, 0.4) is 0 Å². The lowest BCUT2D eigenvalue weighted by molar-refractivity contribution is -0.144. The van der Waals surface area contributed by atoms with E-state index in [2.05, 4.69) is 30.6 Å². The molecule has 0 radical (unpaired) electrons. The predicted molar refractivity (Wildman–Crippen MR) is 107 cm³/mol. The molecule has 2 N–H and O–H groups in total. The summed E-state index contributed by atoms with van der Waals surface area (Å²) in [6, 6.07) is 8.65. The summed E-state index contributed by atoms with van der Waals surface area (Å²) in [5, 5.41) is 21.4. The minimum Gasteiger partial charge on any atom is -0.373 e. The molecular formula is C20H17N7O4. The van der Waals surface area contributed by atoms with Crippen molar-refractivity contribution in [2.75, 3.05) is 18.9 Å². The summed E-state index contributed by atoms with van der Waals surface area (Å²) in [4.78, 5) is 27.0. The van der Waals surface area contributed by atoms with Crippen molar-refractivity contribution in [1.29, 1.82) is 0 Å². The van der Waals surface area contributed by atoms with Crippen LogP contribution in [0.4, 0.5) is 11.6 Å². The van der Waals surface area contributed by atoms with E-state index in [9.17, 15) is 9.90 Å². The zero-order valence-electron chi connectivity index (χ0n) is 16.4. The Hall–Kier alpha value is -4.12. The molecule has 1 aliphatic heterocycles. The van der Waals surface area contributed by atoms with Gasteiger partial charge in [0.2, 0.25) is 11.5 Å². The fourth-order valence-electron chi connectivity index (χ4n) is 3.35. The van der Waals surface area contributed by atoms with E-state index in [1.807, 2.05) is 6.07 Å². The third-order valence-electron chi connectivity index (χ3n) is 5.05. The summed E-state index contributed by atoms with van der Waals surface area (Å²) < 4.78 is 10.1. The van der Waals surface area contributed by atoms with Gasteiger partial charge in [-0.3, -0.25) is 4.79 Å². The van der Waals surface area contributed by atoms with E-state index in [4.69, 9.17) is 9.05 Å². The number of anilines is 2. The second-order valence-electron chi connectivity index (χ2n) is 7.13. The second kappa shape index (κ2) is 7.29. The molecule has 0 saturated carbocycles. The maximum absolute atomic E-state index is 12.3. The summed E-state index contributed by atoms with van der Waals surface area (Å²) in [5.41, 5.74) is 1.02. The zero-order valence-corrected chi connectivity index (χ0v) is 16.4. The van der Waals surface area contributed by atoms with Crippen LogP contribution in [-0.4, -0.2) is 54.8 Å². The van der Waals surface area contributed by atoms with Crippen molar-refractivity contribution < 1.29 is 18.9 Å². The van der Waals surface area contributed by atoms with Gasteiger partial charge in [0.25, 0.3) is 5.91 Å². The number of aromatic nitrogens is 5. The first-order valence-corrected chi connectivity index (χ1v) is 9.45. The first-order valence-electron chi connectivity index (χ1n) is 9.45. The number of carbonyl (C=O) groups excluding carboxylic acids is 1. The number of hydrogen-bond donors (Lipinski definition) is 2. The topological polar surface area (TPSA) is 143 Å². The van der Waals surface area contributed by atoms with E-state index in [0.29, 0.717) is 41.0 Å². The molecule has 5 heterocycles. The Morgan fingerprint density at radius 1 is 1.16 bits per heavy atom. The second-order valence-corrected chi connectivity index (χ2v) is 7.13. The highest BCUT2D eigenvalue weighted by atomic mass is 16.5. The van der Waals surface area contributed by atoms with Crippen molar-refractivity contribution in [1.82, 2.24) is 30.2 Å². The lowest BCUT2D eigenvalue weighted by Crippen LogP contribution is -2.35. The van der Waals surface area contributed by atoms with Gasteiger partial charge in [-0.05, 0) is 18.2 Å². The summed E-state index contributed by atoms with van der Waals surface area (Å²) in [6.45, 7) is 0.443. The van der Waals surface area contributed by atoms with Gasteiger partial charge >= 0.3 is 0 Å². The van der Waals surface area contributed by atoms with E-state index in [0.717, 1.165) is 0 Å². The molecule has 1 amide bonds. The lowest BCUT2D eigenvalue weighted by Gasteiger charge is -2.16. The van der Waals surface area contributed by atoms with E-state index < -0.39 is 11.5 Å². The van der Waals surface area contributed by atoms with Crippen molar-refractivity contribution in [2.24, 2.45) is 0 Å². The number of rotatable bonds is 5. The molecular weight excluding hydrogens is 402 g/mol. The normalized spacial score (nSPS) is 18.5. The third kappa shape index (κ3) is 3.40. The van der Waals surface area contributed by atoms with Crippen molar-refractivity contribution >= 4 is 17.5 Å². The van der Waals surface area contributed by atoms with Crippen LogP contribution >= 0.6 is 0 Å². The van der Waals surface area contributed by atoms with Crippen LogP contribution in [0.25, 0.3) is 22.8 Å². The number of amides is 1. The summed E-state index contributed by atoms with van der Waals surface area (Å²) in [5.74, 6) is 0.0553. The minimum absolute atomic E-state index is 0.103. The molecule has 4 aromatic heterocycles. The SMILES string of the molecule is CN1CC[C@@](O)(c2cc(-c3cccc(-c4ccnc(Nc5cnoc5)n4)n3)no2)C1=O. The molecule has 5 rings (SSSR count). The highest BCUT2D eigenvalue weighted by Crippen LogP contribution is 2.34. The average Bonchev–Trinajstić information content (AvgIpc) is 3.54. The molecule has 1 aliphatic rings. The van der Waals surface area contributed by atoms with Crippen LogP contribution < -0.4 is 5.32 Å². The molecule has 4 aromatic rings. The number of likely N-dealkylation sites (tertiary alicyclic amines) is 1. The van der Waals surface area contributed by atoms with Crippen LogP contribution in [0.2, 0.25) is 0 Å². The van der Waals surface area contributed by atoms with Gasteiger partial charge < -0.3 is 24.4 Å². The molecule has 156 valence electrons. The van der Waals surface area contributed by atoms with Crippen LogP contribution in [0.1, 0.15) is 12.2 Å². The number of carbonyl (C=O) groups is 1. The summed E-state index contributed by atoms with van der Waals surface area (Å²) in [6.07, 6.45) is 4.81. The first kappa shape index (κ1) is 18.9. The Kier molecular flexibility index (Phi) is 4.44. The average molecular weight is 419 g/mol. The number of nitrogens with one attached hydrogen (secondary N) is 1. The number of hydrogen-bond acceptors (Lipinski definition) is 10. The molecule has 0 aromatic carbocycles. The van der Waals surface area contributed by atoms with Gasteiger partial charge in [-0.2, -0.15) is 0 Å². The van der Waals surface area contributed by atoms with Crippen molar-refractivity contribution in [3.63, 3.8) is 0 Å². The molecule has 1 fully saturated rings. The summed E-state index contributed by atoms with van der Waals surface area (Å²) >= 11 is 0. The number of aliphatic hydroxyl groups is 1. The van der Waals surface area contributed by atoms with E-state index >= 15 is 0 Å². The quantitative estimate of drug-likeness (QED) is 0.493. The molecule has 31 heavy (non-hydrogen) atoms. The lowest BCUT2D eigenvalue weighted by atomic mass is 9.98. The van der Waals surface area contributed by atoms with Gasteiger partial charge in [-0.1, -0.05) is 16.4 Å². The van der Waals surface area contributed by atoms with Crippen LogP contribution in [0.15, 0.2) is 58.0 Å². The number of nitrogens with zero attached hydrogens (tertiary/aromatic N) is 6. The van der Waals surface area contributed by atoms with Gasteiger partial charge in [0.05, 0.1) is 23.3 Å². The summed E-state index contributed by atoms with van der Waals surface area (Å²) in [7, 11) is 1.64. The maximum atomic E-state index is 12.3. The van der Waals surface area contributed by atoms with Crippen LogP contribution in [0.5, 0.6) is 0 Å². The number of pyridine rings is 1. The van der Waals surface area contributed by atoms with Crippen molar-refractivity contribution in [3.8, 4) is 22.8 Å². The molecule has 0 bridgehead atoms. The predicted octanol–water partition coefficient (Wildman–Crippen LogP) is 1.97. The van der Waals surface area contributed by atoms with E-state index in [-0.39, 0.29) is 12.2 Å². The Morgan fingerprint density at radius 2 is 1.97 bits per heavy atom. The standard InChI is InChI=1S/C20H17N7O4/c1-27-8-6-20(29,18(27)28)17-9-16(26-31-17)14-4-2-3-13(24-14)15-5-7-21-19(25-15)23-12-10-22-30-11-12/h2-5,7,9-11,29H,6,8H2,1H3,(H,21,23,25)/t20-/m1/s1. The van der Waals surface area contributed by atoms with Gasteiger partial charge in [0.1, 0.15) is 17.6 Å². The van der Waals surface area contributed by atoms with E-state index in [1.165, 1.54) is 17.4 Å². The third-order valence-corrected chi connectivity index (χ3v) is 5.05. The highest BCUT2D eigenvalue weighted by molar-refractivity contribution is 5.87. The molecule has 0 spiro atoms. The van der Waals surface area contributed by atoms with Gasteiger partial charge in [-0.15, -0.1) is 0 Å². The zero-order chi connectivity index (χ0) is 21.4. The Morgan fingerprint density at radius 3 is 2.71 bits per heavy atom. The van der Waals surface area contributed by atoms with Crippen molar-refractivity contribution in [2.45, 2.75) is 12.0 Å². The van der Waals surface area contributed by atoms with E-state index in [1.54, 1.807) is 37.5 Å². The highest BCUT2D eigenvalue weighted by Gasteiger charge is 2.48. The monoisotopic (exact) mass is 419 g/mol. The number of likely N-dealkylation sites (N-methyl/N-ethyl adjacent to an activating group) is 1. The molecule has 11 nitrogen and oxygen atoms in total. The molecule has 0 aliphatic carbocycles. The van der Waals surface area contributed by atoms with Crippen LogP contribution in [-0.2, 0) is 10.4 Å². The minimum atomic E-state index is -1.70. The van der Waals surface area contributed by atoms with Crippen LogP contribution in [0, 0.1) is 0 Å². The van der Waals surface area contributed by atoms with Gasteiger partial charge in [0.15, 0.2) is 5.76 Å². The molecule has 0 unspecified atom stereocenters. The molecule has 1 atom stereocenters. The Bertz CT molecular complexity index is 1240. The fourth-order valence-corrected chi connectivity index (χ4v) is 3.35. The Labute approximate surface area is 175 Å². The first-order chi connectivity index (χ1) is 15.0. The largest absolute Gasteiger partial charge is 0.373 e. The fraction of sp³-hybridized carbons (Fsp3) is 0.200. The Balaban J connectivity index is 1.43. The molecule has 1 saturated heterocycles. The van der Waals surface area contributed by atoms with Gasteiger partial charge in [0, 0.05) is 32.3 Å². The van der Waals surface area contributed by atoms with Gasteiger partial charge in [-0.25, -0.2) is 15.0 Å². The molecule has 11 heteroatoms.